The maximum Gasteiger partial charge on any atom is 0.0826 e. The average Bonchev–Trinajstić information content (AvgIpc) is 2.39. The van der Waals surface area contributed by atoms with Crippen LogP contribution in [0.15, 0.2) is 24.3 Å². The molecule has 1 saturated heterocycles. The molecule has 0 bridgehead atoms. The van der Waals surface area contributed by atoms with Crippen LogP contribution in [0.1, 0.15) is 19.4 Å². The highest BCUT2D eigenvalue weighted by Gasteiger charge is 2.21. The summed E-state index contributed by atoms with van der Waals surface area (Å²) < 4.78 is 5.79. The molecule has 4 heteroatoms. The lowest BCUT2D eigenvalue weighted by Crippen LogP contribution is -2.48. The van der Waals surface area contributed by atoms with Crippen molar-refractivity contribution in [1.29, 1.82) is 0 Å². The van der Waals surface area contributed by atoms with Gasteiger partial charge in [0.05, 0.1) is 12.7 Å². The van der Waals surface area contributed by atoms with E-state index in [0.717, 1.165) is 37.8 Å². The van der Waals surface area contributed by atoms with E-state index in [1.807, 2.05) is 18.2 Å². The molecule has 0 spiro atoms. The summed E-state index contributed by atoms with van der Waals surface area (Å²) in [5.41, 5.74) is 1.21. The number of rotatable bonds is 5. The first-order chi connectivity index (χ1) is 9.15. The minimum Gasteiger partial charge on any atom is -0.374 e. The minimum absolute atomic E-state index is 0.287. The Kier molecular flexibility index (Phi) is 5.64. The molecule has 19 heavy (non-hydrogen) atoms. The Labute approximate surface area is 120 Å². The fourth-order valence-electron chi connectivity index (χ4n) is 2.36. The van der Waals surface area contributed by atoms with E-state index in [2.05, 4.69) is 30.1 Å². The Hall–Kier alpha value is -0.610. The first-order valence-corrected chi connectivity index (χ1v) is 7.34. The van der Waals surface area contributed by atoms with Crippen LogP contribution in [-0.4, -0.2) is 43.3 Å². The van der Waals surface area contributed by atoms with Crippen molar-refractivity contribution in [3.8, 4) is 0 Å². The lowest BCUT2D eigenvalue weighted by Gasteiger charge is -2.35. The Morgan fingerprint density at radius 1 is 1.47 bits per heavy atom. The average molecular weight is 283 g/mol. The fraction of sp³-hybridized carbons (Fsp3) is 0.600. The maximum atomic E-state index is 5.97. The lowest BCUT2D eigenvalue weighted by atomic mass is 10.2. The van der Waals surface area contributed by atoms with E-state index in [9.17, 15) is 0 Å². The van der Waals surface area contributed by atoms with Crippen LogP contribution in [0.3, 0.4) is 0 Å². The molecule has 1 fully saturated rings. The van der Waals surface area contributed by atoms with Crippen molar-refractivity contribution in [2.24, 2.45) is 0 Å². The maximum absolute atomic E-state index is 5.97. The van der Waals surface area contributed by atoms with Gasteiger partial charge in [-0.2, -0.15) is 0 Å². The number of hydrogen-bond acceptors (Lipinski definition) is 3. The molecule has 0 saturated carbocycles. The second-order valence-electron chi connectivity index (χ2n) is 5.34. The summed E-state index contributed by atoms with van der Waals surface area (Å²) in [6.07, 6.45) is 0.287. The Balaban J connectivity index is 1.73. The topological polar surface area (TPSA) is 24.5 Å². The molecule has 106 valence electrons. The van der Waals surface area contributed by atoms with E-state index >= 15 is 0 Å². The standard InChI is InChI=1S/C15H23ClN2O/c1-12(2)18-6-7-19-15(11-18)10-17-9-13-4-3-5-14(16)8-13/h3-5,8,12,15,17H,6-7,9-11H2,1-2H3. The van der Waals surface area contributed by atoms with Crippen LogP contribution < -0.4 is 5.32 Å². The van der Waals surface area contributed by atoms with Gasteiger partial charge in [0.15, 0.2) is 0 Å². The van der Waals surface area contributed by atoms with E-state index in [4.69, 9.17) is 16.3 Å². The molecule has 0 radical (unpaired) electrons. The second kappa shape index (κ2) is 7.25. The molecule has 1 unspecified atom stereocenters. The summed E-state index contributed by atoms with van der Waals surface area (Å²) >= 11 is 5.97. The Morgan fingerprint density at radius 2 is 2.32 bits per heavy atom. The van der Waals surface area contributed by atoms with E-state index in [-0.39, 0.29) is 6.10 Å². The number of nitrogens with zero attached hydrogens (tertiary/aromatic N) is 1. The van der Waals surface area contributed by atoms with Crippen molar-refractivity contribution >= 4 is 11.6 Å². The van der Waals surface area contributed by atoms with Gasteiger partial charge >= 0.3 is 0 Å². The number of benzene rings is 1. The summed E-state index contributed by atoms with van der Waals surface area (Å²) in [5, 5.41) is 4.24. The Morgan fingerprint density at radius 3 is 3.05 bits per heavy atom. The van der Waals surface area contributed by atoms with Crippen molar-refractivity contribution in [3.05, 3.63) is 34.9 Å². The molecule has 1 atom stereocenters. The van der Waals surface area contributed by atoms with E-state index in [0.29, 0.717) is 6.04 Å². The van der Waals surface area contributed by atoms with Crippen LogP contribution in [0, 0.1) is 0 Å². The lowest BCUT2D eigenvalue weighted by molar-refractivity contribution is -0.0372. The van der Waals surface area contributed by atoms with E-state index in [1.54, 1.807) is 0 Å². The number of nitrogens with one attached hydrogen (secondary N) is 1. The zero-order valence-electron chi connectivity index (χ0n) is 11.7. The van der Waals surface area contributed by atoms with E-state index in [1.165, 1.54) is 5.56 Å². The van der Waals surface area contributed by atoms with Crippen molar-refractivity contribution in [2.45, 2.75) is 32.5 Å². The van der Waals surface area contributed by atoms with Gasteiger partial charge in [-0.05, 0) is 31.5 Å². The number of halogens is 1. The third-order valence-corrected chi connectivity index (χ3v) is 3.73. The zero-order valence-corrected chi connectivity index (χ0v) is 12.5. The fourth-order valence-corrected chi connectivity index (χ4v) is 2.57. The van der Waals surface area contributed by atoms with Gasteiger partial charge in [0.25, 0.3) is 0 Å². The summed E-state index contributed by atoms with van der Waals surface area (Å²) in [7, 11) is 0. The molecule has 1 aromatic rings. The second-order valence-corrected chi connectivity index (χ2v) is 5.78. The van der Waals surface area contributed by atoms with E-state index < -0.39 is 0 Å². The molecule has 1 aliphatic rings. The molecule has 1 aliphatic heterocycles. The highest BCUT2D eigenvalue weighted by Crippen LogP contribution is 2.11. The molecule has 1 heterocycles. The number of morpholine rings is 1. The Bertz CT molecular complexity index is 397. The van der Waals surface area contributed by atoms with Gasteiger partial charge in [0.1, 0.15) is 0 Å². The summed E-state index contributed by atoms with van der Waals surface area (Å²) in [4.78, 5) is 2.47. The molecular formula is C15H23ClN2O. The first-order valence-electron chi connectivity index (χ1n) is 6.96. The van der Waals surface area contributed by atoms with Crippen LogP contribution in [0.4, 0.5) is 0 Å². The SMILES string of the molecule is CC(C)N1CCOC(CNCc2cccc(Cl)c2)C1. The van der Waals surface area contributed by atoms with Gasteiger partial charge in [-0.1, -0.05) is 23.7 Å². The van der Waals surface area contributed by atoms with Crippen molar-refractivity contribution in [1.82, 2.24) is 10.2 Å². The third-order valence-electron chi connectivity index (χ3n) is 3.49. The van der Waals surface area contributed by atoms with Crippen LogP contribution in [0.25, 0.3) is 0 Å². The van der Waals surface area contributed by atoms with Crippen LogP contribution in [-0.2, 0) is 11.3 Å². The predicted molar refractivity (Wildman–Crippen MR) is 79.6 cm³/mol. The van der Waals surface area contributed by atoms with Gasteiger partial charge in [0.2, 0.25) is 0 Å². The van der Waals surface area contributed by atoms with Crippen LogP contribution in [0.2, 0.25) is 5.02 Å². The van der Waals surface area contributed by atoms with Gasteiger partial charge < -0.3 is 10.1 Å². The summed E-state index contributed by atoms with van der Waals surface area (Å²) in [5.74, 6) is 0. The molecule has 3 nitrogen and oxygen atoms in total. The van der Waals surface area contributed by atoms with Gasteiger partial charge in [-0.15, -0.1) is 0 Å². The normalized spacial score (nSPS) is 20.9. The van der Waals surface area contributed by atoms with Gasteiger partial charge in [-0.25, -0.2) is 0 Å². The third kappa shape index (κ3) is 4.77. The molecular weight excluding hydrogens is 260 g/mol. The molecule has 1 aromatic carbocycles. The summed E-state index contributed by atoms with van der Waals surface area (Å²) in [6.45, 7) is 9.09. The number of hydrogen-bond donors (Lipinski definition) is 1. The monoisotopic (exact) mass is 282 g/mol. The quantitative estimate of drug-likeness (QED) is 0.898. The van der Waals surface area contributed by atoms with Crippen LogP contribution in [0.5, 0.6) is 0 Å². The zero-order chi connectivity index (χ0) is 13.7. The molecule has 0 amide bonds. The minimum atomic E-state index is 0.287. The molecule has 1 N–H and O–H groups in total. The van der Waals surface area contributed by atoms with Gasteiger partial charge in [0, 0.05) is 37.2 Å². The first kappa shape index (κ1) is 14.8. The van der Waals surface area contributed by atoms with Crippen LogP contribution >= 0.6 is 11.6 Å². The molecule has 0 aromatic heterocycles. The summed E-state index contributed by atoms with van der Waals surface area (Å²) in [6, 6.07) is 8.56. The molecule has 2 rings (SSSR count). The van der Waals surface area contributed by atoms with Crippen molar-refractivity contribution < 1.29 is 4.74 Å². The number of ether oxygens (including phenoxy) is 1. The smallest absolute Gasteiger partial charge is 0.0826 e. The highest BCUT2D eigenvalue weighted by molar-refractivity contribution is 6.30. The largest absolute Gasteiger partial charge is 0.374 e. The van der Waals surface area contributed by atoms with Crippen molar-refractivity contribution in [3.63, 3.8) is 0 Å². The highest BCUT2D eigenvalue weighted by atomic mass is 35.5. The van der Waals surface area contributed by atoms with Gasteiger partial charge in [-0.3, -0.25) is 4.90 Å². The van der Waals surface area contributed by atoms with Crippen molar-refractivity contribution in [2.75, 3.05) is 26.2 Å². The molecule has 0 aliphatic carbocycles. The predicted octanol–water partition coefficient (Wildman–Crippen LogP) is 2.54.